The highest BCUT2D eigenvalue weighted by atomic mass is 32.2. The van der Waals surface area contributed by atoms with Crippen molar-refractivity contribution in [2.45, 2.75) is 45.7 Å². The molecular weight excluding hydrogens is 352 g/mol. The highest BCUT2D eigenvalue weighted by molar-refractivity contribution is 7.89. The molecule has 1 N–H and O–H groups in total. The number of hydrogen-bond acceptors (Lipinski definition) is 5. The Morgan fingerprint density at radius 3 is 2.46 bits per heavy atom. The van der Waals surface area contributed by atoms with Gasteiger partial charge in [-0.1, -0.05) is 29.4 Å². The van der Waals surface area contributed by atoms with E-state index in [1.807, 2.05) is 48.9 Å². The topological polar surface area (TPSA) is 90.0 Å². The van der Waals surface area contributed by atoms with Crippen LogP contribution in [0.25, 0.3) is 0 Å². The average Bonchev–Trinajstić information content (AvgIpc) is 3.07. The first kappa shape index (κ1) is 18.3. The summed E-state index contributed by atoms with van der Waals surface area (Å²) in [6.45, 7) is 8.01. The van der Waals surface area contributed by atoms with Crippen LogP contribution in [0.3, 0.4) is 0 Å². The number of hydrogen-bond donors (Lipinski definition) is 1. The van der Waals surface area contributed by atoms with E-state index in [4.69, 9.17) is 4.52 Å². The zero-order chi connectivity index (χ0) is 18.9. The van der Waals surface area contributed by atoms with E-state index in [1.165, 1.54) is 0 Å². The highest BCUT2D eigenvalue weighted by Gasteiger charge is 2.23. The molecule has 0 spiro atoms. The van der Waals surface area contributed by atoms with Gasteiger partial charge in [0.15, 0.2) is 5.76 Å². The molecule has 8 heteroatoms. The molecule has 138 valence electrons. The lowest BCUT2D eigenvalue weighted by Gasteiger charge is -2.09. The molecule has 0 aliphatic heterocycles. The lowest BCUT2D eigenvalue weighted by Crippen LogP contribution is -2.24. The van der Waals surface area contributed by atoms with Crippen LogP contribution in [0.4, 0.5) is 0 Å². The SMILES string of the molecule is Cc1cc(C)n(Cc2cccc(CNS(=O)(=O)c3c(C)noc3C)c2)n1. The summed E-state index contributed by atoms with van der Waals surface area (Å²) in [7, 11) is -3.68. The fourth-order valence-electron chi connectivity index (χ4n) is 2.95. The summed E-state index contributed by atoms with van der Waals surface area (Å²) in [4.78, 5) is 0.108. The second-order valence-electron chi connectivity index (χ2n) is 6.38. The summed E-state index contributed by atoms with van der Waals surface area (Å²) >= 11 is 0. The van der Waals surface area contributed by atoms with Gasteiger partial charge in [0, 0.05) is 12.2 Å². The van der Waals surface area contributed by atoms with Gasteiger partial charge in [0.05, 0.1) is 12.2 Å². The van der Waals surface area contributed by atoms with E-state index in [0.29, 0.717) is 12.2 Å². The van der Waals surface area contributed by atoms with E-state index < -0.39 is 10.0 Å². The van der Waals surface area contributed by atoms with Gasteiger partial charge >= 0.3 is 0 Å². The number of nitrogens with one attached hydrogen (secondary N) is 1. The predicted octanol–water partition coefficient (Wildman–Crippen LogP) is 2.63. The summed E-state index contributed by atoms with van der Waals surface area (Å²) in [6.07, 6.45) is 0. The van der Waals surface area contributed by atoms with Crippen LogP contribution in [-0.2, 0) is 23.1 Å². The largest absolute Gasteiger partial charge is 0.360 e. The first-order chi connectivity index (χ1) is 12.3. The molecule has 2 aromatic heterocycles. The van der Waals surface area contributed by atoms with Crippen LogP contribution in [0, 0.1) is 27.7 Å². The Bertz CT molecular complexity index is 1020. The summed E-state index contributed by atoms with van der Waals surface area (Å²) in [5, 5.41) is 8.17. The molecule has 0 amide bonds. The standard InChI is InChI=1S/C18H22N4O3S/c1-12-8-13(2)22(20-12)11-17-7-5-6-16(9-17)10-19-26(23,24)18-14(3)21-25-15(18)4/h5-9,19H,10-11H2,1-4H3. The number of aromatic nitrogens is 3. The van der Waals surface area contributed by atoms with E-state index in [0.717, 1.165) is 22.5 Å². The molecule has 7 nitrogen and oxygen atoms in total. The molecule has 0 atom stereocenters. The van der Waals surface area contributed by atoms with Gasteiger partial charge in [-0.25, -0.2) is 13.1 Å². The third-order valence-corrected chi connectivity index (χ3v) is 5.77. The van der Waals surface area contributed by atoms with Crippen LogP contribution in [0.5, 0.6) is 0 Å². The third-order valence-electron chi connectivity index (χ3n) is 4.13. The quantitative estimate of drug-likeness (QED) is 0.716. The number of nitrogens with zero attached hydrogens (tertiary/aromatic N) is 3. The van der Waals surface area contributed by atoms with Crippen LogP contribution in [0.2, 0.25) is 0 Å². The van der Waals surface area contributed by atoms with Crippen molar-refractivity contribution in [3.05, 3.63) is 64.3 Å². The Morgan fingerprint density at radius 2 is 1.85 bits per heavy atom. The minimum Gasteiger partial charge on any atom is -0.360 e. The second kappa shape index (κ2) is 7.05. The van der Waals surface area contributed by atoms with Crippen molar-refractivity contribution in [3.8, 4) is 0 Å². The van der Waals surface area contributed by atoms with Gasteiger partial charge in [-0.15, -0.1) is 0 Å². The van der Waals surface area contributed by atoms with Gasteiger partial charge in [0.1, 0.15) is 10.6 Å². The first-order valence-electron chi connectivity index (χ1n) is 8.27. The molecule has 0 saturated heterocycles. The molecule has 1 aromatic carbocycles. The van der Waals surface area contributed by atoms with Crippen LogP contribution in [-0.4, -0.2) is 23.4 Å². The Kier molecular flexibility index (Phi) is 4.97. The molecule has 0 aliphatic rings. The minimum atomic E-state index is -3.68. The van der Waals surface area contributed by atoms with Gasteiger partial charge < -0.3 is 4.52 Å². The van der Waals surface area contributed by atoms with Crippen molar-refractivity contribution in [1.29, 1.82) is 0 Å². The van der Waals surface area contributed by atoms with Crippen molar-refractivity contribution < 1.29 is 12.9 Å². The van der Waals surface area contributed by atoms with Gasteiger partial charge in [-0.3, -0.25) is 4.68 Å². The zero-order valence-corrected chi connectivity index (χ0v) is 16.1. The molecule has 0 bridgehead atoms. The van der Waals surface area contributed by atoms with Gasteiger partial charge in [-0.2, -0.15) is 5.10 Å². The Balaban J connectivity index is 1.74. The van der Waals surface area contributed by atoms with Crippen molar-refractivity contribution in [2.24, 2.45) is 0 Å². The Morgan fingerprint density at radius 1 is 1.12 bits per heavy atom. The second-order valence-corrected chi connectivity index (χ2v) is 8.09. The van der Waals surface area contributed by atoms with Crippen LogP contribution >= 0.6 is 0 Å². The highest BCUT2D eigenvalue weighted by Crippen LogP contribution is 2.19. The summed E-state index contributed by atoms with van der Waals surface area (Å²) in [6, 6.07) is 9.82. The lowest BCUT2D eigenvalue weighted by molar-refractivity contribution is 0.390. The molecule has 0 fully saturated rings. The molecule has 0 unspecified atom stereocenters. The monoisotopic (exact) mass is 374 g/mol. The zero-order valence-electron chi connectivity index (χ0n) is 15.3. The minimum absolute atomic E-state index is 0.108. The molecule has 3 rings (SSSR count). The summed E-state index contributed by atoms with van der Waals surface area (Å²) < 4.78 is 34.5. The van der Waals surface area contributed by atoms with E-state index in [9.17, 15) is 8.42 Å². The summed E-state index contributed by atoms with van der Waals surface area (Å²) in [5.41, 5.74) is 4.36. The third kappa shape index (κ3) is 3.86. The van der Waals surface area contributed by atoms with Crippen molar-refractivity contribution in [2.75, 3.05) is 0 Å². The molecular formula is C18H22N4O3S. The predicted molar refractivity (Wildman–Crippen MR) is 97.2 cm³/mol. The fraction of sp³-hybridized carbons (Fsp3) is 0.333. The van der Waals surface area contributed by atoms with Crippen LogP contribution < -0.4 is 4.72 Å². The van der Waals surface area contributed by atoms with Crippen molar-refractivity contribution in [3.63, 3.8) is 0 Å². The fourth-order valence-corrected chi connectivity index (χ4v) is 4.30. The maximum Gasteiger partial charge on any atom is 0.246 e. The van der Waals surface area contributed by atoms with E-state index in [1.54, 1.807) is 13.8 Å². The van der Waals surface area contributed by atoms with Crippen molar-refractivity contribution in [1.82, 2.24) is 19.7 Å². The first-order valence-corrected chi connectivity index (χ1v) is 9.76. The number of benzene rings is 1. The maximum absolute atomic E-state index is 12.5. The molecule has 3 aromatic rings. The molecule has 0 radical (unpaired) electrons. The normalized spacial score (nSPS) is 11.8. The average molecular weight is 374 g/mol. The molecule has 0 aliphatic carbocycles. The number of sulfonamides is 1. The maximum atomic E-state index is 12.5. The molecule has 26 heavy (non-hydrogen) atoms. The van der Waals surface area contributed by atoms with Crippen molar-refractivity contribution >= 4 is 10.0 Å². The van der Waals surface area contributed by atoms with E-state index in [2.05, 4.69) is 15.0 Å². The molecule has 0 saturated carbocycles. The van der Waals surface area contributed by atoms with Gasteiger partial charge in [0.25, 0.3) is 0 Å². The number of aryl methyl sites for hydroxylation is 4. The number of rotatable bonds is 6. The Labute approximate surface area is 153 Å². The van der Waals surface area contributed by atoms with Gasteiger partial charge in [0.2, 0.25) is 10.0 Å². The van der Waals surface area contributed by atoms with Gasteiger partial charge in [-0.05, 0) is 44.9 Å². The smallest absolute Gasteiger partial charge is 0.246 e. The van der Waals surface area contributed by atoms with Crippen LogP contribution in [0.1, 0.15) is 34.0 Å². The summed E-state index contributed by atoms with van der Waals surface area (Å²) in [5.74, 6) is 0.285. The lowest BCUT2D eigenvalue weighted by atomic mass is 10.1. The van der Waals surface area contributed by atoms with E-state index >= 15 is 0 Å². The molecule has 2 heterocycles. The van der Waals surface area contributed by atoms with Crippen LogP contribution in [0.15, 0.2) is 39.8 Å². The Hall–Kier alpha value is -2.45. The van der Waals surface area contributed by atoms with E-state index in [-0.39, 0.29) is 17.2 Å².